The average Bonchev–Trinajstić information content (AvgIpc) is 2.51. The summed E-state index contributed by atoms with van der Waals surface area (Å²) in [5.74, 6) is 2.13. The summed E-state index contributed by atoms with van der Waals surface area (Å²) >= 11 is 0. The van der Waals surface area contributed by atoms with Crippen molar-refractivity contribution in [3.05, 3.63) is 24.3 Å². The van der Waals surface area contributed by atoms with Gasteiger partial charge in [0.05, 0.1) is 20.3 Å². The van der Waals surface area contributed by atoms with Crippen molar-refractivity contribution in [2.24, 2.45) is 16.6 Å². The molecule has 0 amide bonds. The Morgan fingerprint density at radius 3 is 2.50 bits per heavy atom. The van der Waals surface area contributed by atoms with Crippen LogP contribution in [0.5, 0.6) is 11.5 Å². The molecule has 22 heavy (non-hydrogen) atoms. The predicted octanol–water partition coefficient (Wildman–Crippen LogP) is 1.65. The molecular formula is C16H27N3O3. The number of nitrogens with zero attached hydrogens (tertiary/aromatic N) is 1. The van der Waals surface area contributed by atoms with Crippen molar-refractivity contribution in [3.63, 3.8) is 0 Å². The van der Waals surface area contributed by atoms with E-state index >= 15 is 0 Å². The third-order valence-corrected chi connectivity index (χ3v) is 2.98. The Balaban J connectivity index is 2.38. The fourth-order valence-corrected chi connectivity index (χ4v) is 1.87. The summed E-state index contributed by atoms with van der Waals surface area (Å²) in [4.78, 5) is 4.32. The molecule has 0 aliphatic carbocycles. The predicted molar refractivity (Wildman–Crippen MR) is 88.6 cm³/mol. The summed E-state index contributed by atoms with van der Waals surface area (Å²) in [5, 5.41) is 3.07. The minimum absolute atomic E-state index is 0.133. The smallest absolute Gasteiger partial charge is 0.188 e. The standard InChI is InChI=1S/C16H27N3O3/c1-12(9-18-16(17)19-13(2)11-20-3)10-22-15-8-6-5-7-14(15)21-4/h5-8,12-13H,9-11H2,1-4H3,(H3,17,18,19). The van der Waals surface area contributed by atoms with Crippen LogP contribution in [0.1, 0.15) is 13.8 Å². The number of nitrogens with one attached hydrogen (secondary N) is 1. The highest BCUT2D eigenvalue weighted by molar-refractivity contribution is 5.78. The first-order valence-corrected chi connectivity index (χ1v) is 7.38. The van der Waals surface area contributed by atoms with Crippen LogP contribution in [0.25, 0.3) is 0 Å². The number of rotatable bonds is 9. The zero-order valence-corrected chi connectivity index (χ0v) is 13.8. The molecule has 3 N–H and O–H groups in total. The lowest BCUT2D eigenvalue weighted by Crippen LogP contribution is -2.41. The molecule has 1 rings (SSSR count). The Morgan fingerprint density at radius 2 is 1.86 bits per heavy atom. The summed E-state index contributed by atoms with van der Waals surface area (Å²) in [7, 11) is 3.28. The molecule has 1 aromatic rings. The first-order chi connectivity index (χ1) is 10.6. The molecule has 1 aromatic carbocycles. The minimum atomic E-state index is 0.133. The molecule has 124 valence electrons. The second-order valence-corrected chi connectivity index (χ2v) is 5.29. The van der Waals surface area contributed by atoms with E-state index in [-0.39, 0.29) is 12.0 Å². The maximum Gasteiger partial charge on any atom is 0.188 e. The largest absolute Gasteiger partial charge is 0.493 e. The van der Waals surface area contributed by atoms with Gasteiger partial charge in [0.15, 0.2) is 17.5 Å². The van der Waals surface area contributed by atoms with Crippen molar-refractivity contribution in [1.29, 1.82) is 0 Å². The number of benzene rings is 1. The lowest BCUT2D eigenvalue weighted by molar-refractivity contribution is 0.179. The molecule has 2 unspecified atom stereocenters. The minimum Gasteiger partial charge on any atom is -0.493 e. The molecule has 6 nitrogen and oxygen atoms in total. The lowest BCUT2D eigenvalue weighted by atomic mass is 10.2. The van der Waals surface area contributed by atoms with Gasteiger partial charge in [0.25, 0.3) is 0 Å². The number of hydrogen-bond donors (Lipinski definition) is 2. The van der Waals surface area contributed by atoms with Gasteiger partial charge in [0.1, 0.15) is 0 Å². The van der Waals surface area contributed by atoms with E-state index in [0.29, 0.717) is 25.7 Å². The van der Waals surface area contributed by atoms with Crippen molar-refractivity contribution in [3.8, 4) is 11.5 Å². The van der Waals surface area contributed by atoms with Crippen LogP contribution in [-0.2, 0) is 4.74 Å². The molecule has 0 heterocycles. The van der Waals surface area contributed by atoms with Gasteiger partial charge in [-0.15, -0.1) is 0 Å². The zero-order chi connectivity index (χ0) is 16.4. The van der Waals surface area contributed by atoms with E-state index in [1.54, 1.807) is 14.2 Å². The first kappa shape index (κ1) is 18.1. The molecule has 0 radical (unpaired) electrons. The van der Waals surface area contributed by atoms with Gasteiger partial charge in [0.2, 0.25) is 0 Å². The fraction of sp³-hybridized carbons (Fsp3) is 0.562. The molecule has 0 saturated carbocycles. The Labute approximate surface area is 132 Å². The quantitative estimate of drug-likeness (QED) is 0.536. The molecule has 0 spiro atoms. The molecule has 2 atom stereocenters. The second kappa shape index (κ2) is 9.89. The lowest BCUT2D eigenvalue weighted by Gasteiger charge is -2.15. The van der Waals surface area contributed by atoms with Crippen LogP contribution in [0.2, 0.25) is 0 Å². The van der Waals surface area contributed by atoms with Crippen molar-refractivity contribution < 1.29 is 14.2 Å². The van der Waals surface area contributed by atoms with Crippen LogP contribution in [-0.4, -0.2) is 46.0 Å². The Hall–Kier alpha value is -1.95. The molecule has 0 saturated heterocycles. The number of nitrogens with two attached hydrogens (primary N) is 1. The van der Waals surface area contributed by atoms with Gasteiger partial charge in [-0.1, -0.05) is 19.1 Å². The Morgan fingerprint density at radius 1 is 1.18 bits per heavy atom. The van der Waals surface area contributed by atoms with Crippen molar-refractivity contribution in [2.45, 2.75) is 19.9 Å². The third-order valence-electron chi connectivity index (χ3n) is 2.98. The van der Waals surface area contributed by atoms with E-state index in [1.807, 2.05) is 31.2 Å². The van der Waals surface area contributed by atoms with E-state index in [1.165, 1.54) is 0 Å². The molecule has 0 aromatic heterocycles. The summed E-state index contributed by atoms with van der Waals surface area (Å²) in [6.07, 6.45) is 0. The van der Waals surface area contributed by atoms with Crippen LogP contribution < -0.4 is 20.5 Å². The second-order valence-electron chi connectivity index (χ2n) is 5.29. The summed E-state index contributed by atoms with van der Waals surface area (Å²) in [5.41, 5.74) is 5.83. The third kappa shape index (κ3) is 6.67. The van der Waals surface area contributed by atoms with Gasteiger partial charge >= 0.3 is 0 Å². The molecule has 0 fully saturated rings. The number of ether oxygens (including phenoxy) is 3. The summed E-state index contributed by atoms with van der Waals surface area (Å²) in [6, 6.07) is 7.72. The SMILES string of the molecule is COCC(C)NC(N)=NCC(C)COc1ccccc1OC. The zero-order valence-electron chi connectivity index (χ0n) is 13.8. The van der Waals surface area contributed by atoms with Gasteiger partial charge < -0.3 is 25.3 Å². The molecule has 0 bridgehead atoms. The maximum absolute atomic E-state index is 5.83. The molecule has 0 aliphatic rings. The van der Waals surface area contributed by atoms with Gasteiger partial charge in [0, 0.05) is 25.6 Å². The van der Waals surface area contributed by atoms with Crippen LogP contribution in [0.4, 0.5) is 0 Å². The number of guanidine groups is 1. The van der Waals surface area contributed by atoms with Gasteiger partial charge in [-0.3, -0.25) is 4.99 Å². The number of hydrogen-bond acceptors (Lipinski definition) is 4. The first-order valence-electron chi connectivity index (χ1n) is 7.38. The summed E-state index contributed by atoms with van der Waals surface area (Å²) in [6.45, 7) is 5.77. The average molecular weight is 309 g/mol. The van der Waals surface area contributed by atoms with Crippen LogP contribution in [0, 0.1) is 5.92 Å². The Bertz CT molecular complexity index is 466. The number of aliphatic imine (C=N–C) groups is 1. The van der Waals surface area contributed by atoms with Crippen molar-refractivity contribution in [2.75, 3.05) is 34.0 Å². The van der Waals surface area contributed by atoms with E-state index < -0.39 is 0 Å². The van der Waals surface area contributed by atoms with Gasteiger partial charge in [-0.05, 0) is 19.1 Å². The molecule has 0 aliphatic heterocycles. The van der Waals surface area contributed by atoms with E-state index in [4.69, 9.17) is 19.9 Å². The van der Waals surface area contributed by atoms with E-state index in [0.717, 1.165) is 11.5 Å². The van der Waals surface area contributed by atoms with Crippen molar-refractivity contribution >= 4 is 5.96 Å². The highest BCUT2D eigenvalue weighted by Crippen LogP contribution is 2.26. The molecular weight excluding hydrogens is 282 g/mol. The van der Waals surface area contributed by atoms with E-state index in [9.17, 15) is 0 Å². The Kier molecular flexibility index (Phi) is 8.14. The van der Waals surface area contributed by atoms with Crippen LogP contribution in [0.3, 0.4) is 0 Å². The summed E-state index contributed by atoms with van der Waals surface area (Å²) < 4.78 is 16.0. The van der Waals surface area contributed by atoms with Crippen LogP contribution >= 0.6 is 0 Å². The number of methoxy groups -OCH3 is 2. The van der Waals surface area contributed by atoms with E-state index in [2.05, 4.69) is 17.2 Å². The highest BCUT2D eigenvalue weighted by atomic mass is 16.5. The van der Waals surface area contributed by atoms with Crippen LogP contribution in [0.15, 0.2) is 29.3 Å². The monoisotopic (exact) mass is 309 g/mol. The fourth-order valence-electron chi connectivity index (χ4n) is 1.87. The maximum atomic E-state index is 5.83. The van der Waals surface area contributed by atoms with Crippen molar-refractivity contribution in [1.82, 2.24) is 5.32 Å². The topological polar surface area (TPSA) is 78.1 Å². The number of para-hydroxylation sites is 2. The molecule has 6 heteroatoms. The normalized spacial score (nSPS) is 14.3. The highest BCUT2D eigenvalue weighted by Gasteiger charge is 2.07. The van der Waals surface area contributed by atoms with Gasteiger partial charge in [-0.25, -0.2) is 0 Å². The van der Waals surface area contributed by atoms with Gasteiger partial charge in [-0.2, -0.15) is 0 Å².